The van der Waals surface area contributed by atoms with Gasteiger partial charge in [0.25, 0.3) is 0 Å². The van der Waals surface area contributed by atoms with Gasteiger partial charge in [0, 0.05) is 5.92 Å². The molecule has 76 valence electrons. The molecule has 0 aromatic heterocycles. The van der Waals surface area contributed by atoms with Gasteiger partial charge in [0.2, 0.25) is 0 Å². The Kier molecular flexibility index (Phi) is 2.84. The zero-order valence-electron chi connectivity index (χ0n) is 8.51. The number of benzene rings is 1. The molecule has 1 heteroatoms. The maximum absolute atomic E-state index is 10.2. The Morgan fingerprint density at radius 1 is 1.13 bits per heavy atom. The number of aliphatic hydroxyl groups excluding tert-OH is 1. The molecule has 0 bridgehead atoms. The quantitative estimate of drug-likeness (QED) is 0.774. The first kappa shape index (κ1) is 9.94. The monoisotopic (exact) mass is 198 g/mol. The van der Waals surface area contributed by atoms with Gasteiger partial charge >= 0.3 is 0 Å². The molecule has 0 spiro atoms. The average molecular weight is 198 g/mol. The van der Waals surface area contributed by atoms with Gasteiger partial charge in [-0.2, -0.15) is 0 Å². The molecule has 1 nitrogen and oxygen atoms in total. The van der Waals surface area contributed by atoms with E-state index in [1.54, 1.807) is 0 Å². The van der Waals surface area contributed by atoms with Crippen molar-refractivity contribution in [3.63, 3.8) is 0 Å². The van der Waals surface area contributed by atoms with Crippen molar-refractivity contribution in [2.24, 2.45) is 5.92 Å². The molecular formula is C14H14O. The van der Waals surface area contributed by atoms with Gasteiger partial charge in [-0.25, -0.2) is 0 Å². The summed E-state index contributed by atoms with van der Waals surface area (Å²) in [4.78, 5) is 0. The van der Waals surface area contributed by atoms with Crippen molar-refractivity contribution >= 4 is 0 Å². The van der Waals surface area contributed by atoms with Crippen LogP contribution in [0.1, 0.15) is 11.7 Å². The summed E-state index contributed by atoms with van der Waals surface area (Å²) >= 11 is 0. The average Bonchev–Trinajstić information content (AvgIpc) is 2.30. The van der Waals surface area contributed by atoms with Gasteiger partial charge in [0.05, 0.1) is 6.10 Å². The Morgan fingerprint density at radius 3 is 2.53 bits per heavy atom. The Bertz CT molecular complexity index is 401. The van der Waals surface area contributed by atoms with Crippen LogP contribution >= 0.6 is 0 Å². The molecule has 1 N–H and O–H groups in total. The first-order valence-electron chi connectivity index (χ1n) is 5.06. The molecule has 0 saturated carbocycles. The van der Waals surface area contributed by atoms with E-state index in [1.807, 2.05) is 54.6 Å². The lowest BCUT2D eigenvalue weighted by Crippen LogP contribution is -2.12. The molecule has 1 aliphatic rings. The summed E-state index contributed by atoms with van der Waals surface area (Å²) < 4.78 is 0. The SMILES string of the molecule is C=C1C=CC=CC1C(O)c1ccccc1. The zero-order valence-corrected chi connectivity index (χ0v) is 8.51. The summed E-state index contributed by atoms with van der Waals surface area (Å²) in [5.41, 5.74) is 1.89. The first-order chi connectivity index (χ1) is 7.29. The molecule has 1 aromatic rings. The van der Waals surface area contributed by atoms with Gasteiger partial charge < -0.3 is 5.11 Å². The van der Waals surface area contributed by atoms with Crippen molar-refractivity contribution in [1.29, 1.82) is 0 Å². The van der Waals surface area contributed by atoms with E-state index in [2.05, 4.69) is 6.58 Å². The fraction of sp³-hybridized carbons (Fsp3) is 0.143. The molecule has 0 fully saturated rings. The molecule has 2 atom stereocenters. The van der Waals surface area contributed by atoms with E-state index >= 15 is 0 Å². The Balaban J connectivity index is 2.22. The lowest BCUT2D eigenvalue weighted by atomic mass is 9.87. The van der Waals surface area contributed by atoms with E-state index in [1.165, 1.54) is 0 Å². The minimum Gasteiger partial charge on any atom is -0.387 e. The van der Waals surface area contributed by atoms with Crippen molar-refractivity contribution in [1.82, 2.24) is 0 Å². The normalized spacial score (nSPS) is 21.7. The standard InChI is InChI=1S/C14H14O/c1-11-7-5-6-10-13(11)14(15)12-8-3-2-4-9-12/h2-10,13-15H,1H2. The van der Waals surface area contributed by atoms with E-state index in [4.69, 9.17) is 0 Å². The summed E-state index contributed by atoms with van der Waals surface area (Å²) in [6, 6.07) is 9.68. The molecule has 1 aromatic carbocycles. The van der Waals surface area contributed by atoms with Crippen LogP contribution in [0, 0.1) is 5.92 Å². The minimum atomic E-state index is -0.500. The Labute approximate surface area is 90.1 Å². The molecule has 1 aliphatic carbocycles. The molecule has 0 aliphatic heterocycles. The third-order valence-electron chi connectivity index (χ3n) is 2.65. The molecule has 0 amide bonds. The van der Waals surface area contributed by atoms with Gasteiger partial charge in [-0.3, -0.25) is 0 Å². The molecule has 2 unspecified atom stereocenters. The van der Waals surface area contributed by atoms with Crippen molar-refractivity contribution < 1.29 is 5.11 Å². The number of hydrogen-bond acceptors (Lipinski definition) is 1. The van der Waals surface area contributed by atoms with E-state index < -0.39 is 6.10 Å². The zero-order chi connectivity index (χ0) is 10.7. The Hall–Kier alpha value is -1.60. The summed E-state index contributed by atoms with van der Waals surface area (Å²) in [6.45, 7) is 3.94. The highest BCUT2D eigenvalue weighted by molar-refractivity contribution is 5.34. The Morgan fingerprint density at radius 2 is 1.87 bits per heavy atom. The van der Waals surface area contributed by atoms with Crippen LogP contribution in [0.2, 0.25) is 0 Å². The fourth-order valence-corrected chi connectivity index (χ4v) is 1.76. The van der Waals surface area contributed by atoms with Crippen molar-refractivity contribution in [2.75, 3.05) is 0 Å². The second kappa shape index (κ2) is 4.28. The molecule has 2 rings (SSSR count). The van der Waals surface area contributed by atoms with Crippen LogP contribution in [-0.2, 0) is 0 Å². The summed E-state index contributed by atoms with van der Waals surface area (Å²) in [5, 5.41) is 10.2. The van der Waals surface area contributed by atoms with E-state index in [-0.39, 0.29) is 5.92 Å². The van der Waals surface area contributed by atoms with Crippen LogP contribution in [0.25, 0.3) is 0 Å². The summed E-state index contributed by atoms with van der Waals surface area (Å²) in [6.07, 6.45) is 7.32. The third-order valence-corrected chi connectivity index (χ3v) is 2.65. The summed E-state index contributed by atoms with van der Waals surface area (Å²) in [7, 11) is 0. The van der Waals surface area contributed by atoms with Crippen LogP contribution < -0.4 is 0 Å². The van der Waals surface area contributed by atoms with Gasteiger partial charge in [-0.05, 0) is 11.1 Å². The van der Waals surface area contributed by atoms with Crippen LogP contribution in [0.15, 0.2) is 66.8 Å². The lowest BCUT2D eigenvalue weighted by molar-refractivity contribution is 0.148. The number of aliphatic hydroxyl groups is 1. The topological polar surface area (TPSA) is 20.2 Å². The lowest BCUT2D eigenvalue weighted by Gasteiger charge is -2.22. The molecule has 15 heavy (non-hydrogen) atoms. The highest BCUT2D eigenvalue weighted by Gasteiger charge is 2.20. The molecule has 0 saturated heterocycles. The highest BCUT2D eigenvalue weighted by Crippen LogP contribution is 2.30. The van der Waals surface area contributed by atoms with Gasteiger partial charge in [0.1, 0.15) is 0 Å². The largest absolute Gasteiger partial charge is 0.387 e. The highest BCUT2D eigenvalue weighted by atomic mass is 16.3. The van der Waals surface area contributed by atoms with E-state index in [0.29, 0.717) is 0 Å². The van der Waals surface area contributed by atoms with E-state index in [0.717, 1.165) is 11.1 Å². The first-order valence-corrected chi connectivity index (χ1v) is 5.06. The second-order valence-corrected chi connectivity index (χ2v) is 3.70. The minimum absolute atomic E-state index is 0.00241. The molecule has 0 heterocycles. The van der Waals surface area contributed by atoms with Crippen molar-refractivity contribution in [3.8, 4) is 0 Å². The fourth-order valence-electron chi connectivity index (χ4n) is 1.76. The maximum atomic E-state index is 10.2. The molecule has 0 radical (unpaired) electrons. The smallest absolute Gasteiger partial charge is 0.0893 e. The number of rotatable bonds is 2. The second-order valence-electron chi connectivity index (χ2n) is 3.70. The van der Waals surface area contributed by atoms with Crippen LogP contribution in [0.3, 0.4) is 0 Å². The third kappa shape index (κ3) is 2.08. The number of allylic oxidation sites excluding steroid dienone is 3. The maximum Gasteiger partial charge on any atom is 0.0893 e. The van der Waals surface area contributed by atoms with Gasteiger partial charge in [0.15, 0.2) is 0 Å². The van der Waals surface area contributed by atoms with Crippen LogP contribution in [0.4, 0.5) is 0 Å². The van der Waals surface area contributed by atoms with E-state index in [9.17, 15) is 5.11 Å². The number of hydrogen-bond donors (Lipinski definition) is 1. The predicted molar refractivity (Wildman–Crippen MR) is 62.3 cm³/mol. The van der Waals surface area contributed by atoms with Crippen LogP contribution in [0.5, 0.6) is 0 Å². The molecular weight excluding hydrogens is 184 g/mol. The summed E-state index contributed by atoms with van der Waals surface area (Å²) in [5.74, 6) is -0.00241. The van der Waals surface area contributed by atoms with Gasteiger partial charge in [-0.15, -0.1) is 0 Å². The van der Waals surface area contributed by atoms with Gasteiger partial charge in [-0.1, -0.05) is 61.2 Å². The predicted octanol–water partition coefficient (Wildman–Crippen LogP) is 3.02. The van der Waals surface area contributed by atoms with Crippen LogP contribution in [-0.4, -0.2) is 5.11 Å². The van der Waals surface area contributed by atoms with Crippen molar-refractivity contribution in [3.05, 3.63) is 72.4 Å². The van der Waals surface area contributed by atoms with Crippen molar-refractivity contribution in [2.45, 2.75) is 6.10 Å².